The van der Waals surface area contributed by atoms with Gasteiger partial charge in [0.15, 0.2) is 0 Å². The minimum atomic E-state index is 0.00579. The Bertz CT molecular complexity index is 634. The number of hydrogen-bond acceptors (Lipinski definition) is 3. The second-order valence-corrected chi connectivity index (χ2v) is 4.96. The maximum Gasteiger partial charge on any atom is 0.254 e. The Morgan fingerprint density at radius 2 is 2.19 bits per heavy atom. The van der Waals surface area contributed by atoms with Gasteiger partial charge in [0, 0.05) is 31.5 Å². The number of benzene rings is 1. The van der Waals surface area contributed by atoms with Crippen molar-refractivity contribution in [1.29, 1.82) is 0 Å². The van der Waals surface area contributed by atoms with Gasteiger partial charge in [-0.15, -0.1) is 0 Å². The molecular formula is C16H21N3O2. The van der Waals surface area contributed by atoms with Crippen LogP contribution < -0.4 is 4.74 Å². The molecule has 1 aromatic heterocycles. The van der Waals surface area contributed by atoms with E-state index in [9.17, 15) is 4.79 Å². The third-order valence-corrected chi connectivity index (χ3v) is 3.56. The molecule has 21 heavy (non-hydrogen) atoms. The van der Waals surface area contributed by atoms with E-state index < -0.39 is 0 Å². The molecule has 112 valence electrons. The third-order valence-electron chi connectivity index (χ3n) is 3.56. The van der Waals surface area contributed by atoms with Gasteiger partial charge >= 0.3 is 0 Å². The molecule has 0 atom stereocenters. The van der Waals surface area contributed by atoms with Gasteiger partial charge in [0.2, 0.25) is 0 Å². The number of imidazole rings is 1. The van der Waals surface area contributed by atoms with E-state index in [0.29, 0.717) is 18.7 Å². The molecular weight excluding hydrogens is 266 g/mol. The van der Waals surface area contributed by atoms with Crippen LogP contribution >= 0.6 is 0 Å². The summed E-state index contributed by atoms with van der Waals surface area (Å²) in [7, 11) is 3.56. The Morgan fingerprint density at radius 1 is 1.43 bits per heavy atom. The lowest BCUT2D eigenvalue weighted by Crippen LogP contribution is -2.31. The van der Waals surface area contributed by atoms with Crippen molar-refractivity contribution in [3.05, 3.63) is 47.5 Å². The fourth-order valence-electron chi connectivity index (χ4n) is 2.24. The van der Waals surface area contributed by atoms with Crippen LogP contribution in [-0.2, 0) is 13.6 Å². The first-order valence-electron chi connectivity index (χ1n) is 6.97. The van der Waals surface area contributed by atoms with E-state index in [4.69, 9.17) is 4.74 Å². The summed E-state index contributed by atoms with van der Waals surface area (Å²) in [6.45, 7) is 5.04. The van der Waals surface area contributed by atoms with Crippen LogP contribution in [0.15, 0.2) is 30.6 Å². The molecule has 0 fully saturated rings. The van der Waals surface area contributed by atoms with Crippen LogP contribution in [0.1, 0.15) is 28.7 Å². The molecule has 0 unspecified atom stereocenters. The first-order valence-corrected chi connectivity index (χ1v) is 6.97. The van der Waals surface area contributed by atoms with E-state index in [1.54, 1.807) is 24.3 Å². The largest absolute Gasteiger partial charge is 0.496 e. The molecule has 0 saturated heterocycles. The van der Waals surface area contributed by atoms with Crippen LogP contribution in [0.5, 0.6) is 5.75 Å². The number of carbonyl (C=O) groups is 1. The Kier molecular flexibility index (Phi) is 4.62. The number of hydrogen-bond donors (Lipinski definition) is 0. The van der Waals surface area contributed by atoms with Gasteiger partial charge in [-0.25, -0.2) is 4.98 Å². The quantitative estimate of drug-likeness (QED) is 0.848. The van der Waals surface area contributed by atoms with Gasteiger partial charge in [0.25, 0.3) is 5.91 Å². The topological polar surface area (TPSA) is 47.4 Å². The molecule has 0 saturated carbocycles. The van der Waals surface area contributed by atoms with Crippen molar-refractivity contribution in [3.8, 4) is 5.75 Å². The molecule has 5 heteroatoms. The maximum atomic E-state index is 12.6. The average molecular weight is 287 g/mol. The molecule has 0 bridgehead atoms. The van der Waals surface area contributed by atoms with Gasteiger partial charge in [-0.1, -0.05) is 0 Å². The predicted octanol–water partition coefficient (Wildman–Crippen LogP) is 2.40. The van der Waals surface area contributed by atoms with E-state index in [-0.39, 0.29) is 5.91 Å². The van der Waals surface area contributed by atoms with Crippen molar-refractivity contribution in [2.45, 2.75) is 20.4 Å². The van der Waals surface area contributed by atoms with E-state index in [1.807, 2.05) is 43.8 Å². The summed E-state index contributed by atoms with van der Waals surface area (Å²) in [4.78, 5) is 18.7. The Labute approximate surface area is 125 Å². The van der Waals surface area contributed by atoms with Crippen molar-refractivity contribution in [1.82, 2.24) is 14.5 Å². The summed E-state index contributed by atoms with van der Waals surface area (Å²) in [5.74, 6) is 1.67. The Morgan fingerprint density at radius 3 is 2.71 bits per heavy atom. The number of nitrogens with zero attached hydrogens (tertiary/aromatic N) is 3. The fourth-order valence-corrected chi connectivity index (χ4v) is 2.24. The highest BCUT2D eigenvalue weighted by atomic mass is 16.5. The van der Waals surface area contributed by atoms with Crippen LogP contribution in [0.2, 0.25) is 0 Å². The summed E-state index contributed by atoms with van der Waals surface area (Å²) < 4.78 is 7.16. The number of methoxy groups -OCH3 is 1. The molecule has 0 aliphatic carbocycles. The van der Waals surface area contributed by atoms with Crippen molar-refractivity contribution in [3.63, 3.8) is 0 Å². The van der Waals surface area contributed by atoms with Gasteiger partial charge in [-0.05, 0) is 37.6 Å². The van der Waals surface area contributed by atoms with Gasteiger partial charge in [0.05, 0.1) is 13.7 Å². The molecule has 2 rings (SSSR count). The summed E-state index contributed by atoms with van der Waals surface area (Å²) in [5.41, 5.74) is 1.63. The number of carbonyl (C=O) groups excluding carboxylic acids is 1. The van der Waals surface area contributed by atoms with Gasteiger partial charge < -0.3 is 14.2 Å². The van der Waals surface area contributed by atoms with Crippen molar-refractivity contribution in [2.24, 2.45) is 7.05 Å². The van der Waals surface area contributed by atoms with E-state index in [0.717, 1.165) is 17.1 Å². The minimum absolute atomic E-state index is 0.00579. The number of aryl methyl sites for hydroxylation is 2. The zero-order chi connectivity index (χ0) is 15.4. The van der Waals surface area contributed by atoms with Crippen molar-refractivity contribution < 1.29 is 9.53 Å². The zero-order valence-corrected chi connectivity index (χ0v) is 13.0. The SMILES string of the molecule is CCN(Cc1nccn1C)C(=O)c1ccc(OC)c(C)c1. The lowest BCUT2D eigenvalue weighted by Gasteiger charge is -2.21. The number of amides is 1. The molecule has 0 aliphatic heterocycles. The van der Waals surface area contributed by atoms with E-state index >= 15 is 0 Å². The second-order valence-electron chi connectivity index (χ2n) is 4.96. The summed E-state index contributed by atoms with van der Waals surface area (Å²) in [5, 5.41) is 0. The van der Waals surface area contributed by atoms with Crippen LogP contribution in [0.3, 0.4) is 0 Å². The molecule has 1 heterocycles. The maximum absolute atomic E-state index is 12.6. The number of aromatic nitrogens is 2. The average Bonchev–Trinajstić information content (AvgIpc) is 2.89. The molecule has 0 N–H and O–H groups in total. The molecule has 0 radical (unpaired) electrons. The Hall–Kier alpha value is -2.30. The van der Waals surface area contributed by atoms with Crippen molar-refractivity contribution >= 4 is 5.91 Å². The van der Waals surface area contributed by atoms with E-state index in [2.05, 4.69) is 4.98 Å². The van der Waals surface area contributed by atoms with Crippen LogP contribution in [0.4, 0.5) is 0 Å². The lowest BCUT2D eigenvalue weighted by atomic mass is 10.1. The minimum Gasteiger partial charge on any atom is -0.496 e. The first kappa shape index (κ1) is 15.1. The summed E-state index contributed by atoms with van der Waals surface area (Å²) in [6, 6.07) is 5.49. The van der Waals surface area contributed by atoms with Gasteiger partial charge in [0.1, 0.15) is 11.6 Å². The first-order chi connectivity index (χ1) is 10.1. The van der Waals surface area contributed by atoms with Gasteiger partial charge in [-0.2, -0.15) is 0 Å². The van der Waals surface area contributed by atoms with E-state index in [1.165, 1.54) is 0 Å². The highest BCUT2D eigenvalue weighted by Crippen LogP contribution is 2.20. The summed E-state index contributed by atoms with van der Waals surface area (Å²) in [6.07, 6.45) is 3.62. The Balaban J connectivity index is 2.20. The summed E-state index contributed by atoms with van der Waals surface area (Å²) >= 11 is 0. The molecule has 1 aromatic carbocycles. The molecule has 5 nitrogen and oxygen atoms in total. The van der Waals surface area contributed by atoms with Gasteiger partial charge in [-0.3, -0.25) is 4.79 Å². The second kappa shape index (κ2) is 6.43. The molecule has 2 aromatic rings. The van der Waals surface area contributed by atoms with Crippen LogP contribution in [0, 0.1) is 6.92 Å². The monoisotopic (exact) mass is 287 g/mol. The standard InChI is InChI=1S/C16H21N3O2/c1-5-19(11-15-17-8-9-18(15)3)16(20)13-6-7-14(21-4)12(2)10-13/h6-10H,5,11H2,1-4H3. The predicted molar refractivity (Wildman–Crippen MR) is 81.4 cm³/mol. The lowest BCUT2D eigenvalue weighted by molar-refractivity contribution is 0.0747. The van der Waals surface area contributed by atoms with Crippen molar-refractivity contribution in [2.75, 3.05) is 13.7 Å². The third kappa shape index (κ3) is 3.24. The normalized spacial score (nSPS) is 10.5. The smallest absolute Gasteiger partial charge is 0.254 e. The van der Waals surface area contributed by atoms with Crippen LogP contribution in [0.25, 0.3) is 0 Å². The molecule has 0 spiro atoms. The number of rotatable bonds is 5. The molecule has 1 amide bonds. The van der Waals surface area contributed by atoms with Crippen LogP contribution in [-0.4, -0.2) is 34.0 Å². The zero-order valence-electron chi connectivity index (χ0n) is 13.0. The highest BCUT2D eigenvalue weighted by molar-refractivity contribution is 5.94. The molecule has 0 aliphatic rings. The fraction of sp³-hybridized carbons (Fsp3) is 0.375. The highest BCUT2D eigenvalue weighted by Gasteiger charge is 2.17. The number of ether oxygens (including phenoxy) is 1.